The molecule has 2 aromatic carbocycles. The summed E-state index contributed by atoms with van der Waals surface area (Å²) >= 11 is 0. The number of carbonyl (C=O) groups is 2. The Hall–Kier alpha value is -4.15. The Morgan fingerprint density at radius 2 is 1.85 bits per heavy atom. The summed E-state index contributed by atoms with van der Waals surface area (Å²) in [4.78, 5) is 39.3. The lowest BCUT2D eigenvalue weighted by Gasteiger charge is -2.43. The highest BCUT2D eigenvalue weighted by Gasteiger charge is 2.34. The van der Waals surface area contributed by atoms with Gasteiger partial charge in [-0.25, -0.2) is 4.98 Å². The zero-order valence-electron chi connectivity index (χ0n) is 28.2. The first-order valence-electron chi connectivity index (χ1n) is 17.2. The molecule has 0 saturated carbocycles. The predicted octanol–water partition coefficient (Wildman–Crippen LogP) is 4.09. The van der Waals surface area contributed by atoms with E-state index in [4.69, 9.17) is 4.74 Å². The number of anilines is 2. The van der Waals surface area contributed by atoms with Crippen LogP contribution in [-0.4, -0.2) is 99.3 Å². The van der Waals surface area contributed by atoms with Crippen LogP contribution in [0.15, 0.2) is 54.7 Å². The number of amides is 2. The maximum Gasteiger partial charge on any atom is 0.256 e. The maximum atomic E-state index is 14.2. The fourth-order valence-corrected chi connectivity index (χ4v) is 7.21. The molecule has 47 heavy (non-hydrogen) atoms. The first kappa shape index (κ1) is 32.8. The molecule has 10 heteroatoms. The van der Waals surface area contributed by atoms with Gasteiger partial charge in [0.2, 0.25) is 5.88 Å². The summed E-state index contributed by atoms with van der Waals surface area (Å²) in [6.07, 6.45) is 4.53. The summed E-state index contributed by atoms with van der Waals surface area (Å²) in [7, 11) is 2.01. The molecule has 3 aromatic rings. The molecular formula is C37H49N7O3. The fourth-order valence-electron chi connectivity index (χ4n) is 7.21. The number of likely N-dealkylation sites (N-methyl/N-ethyl adjacent to an activating group) is 1. The van der Waals surface area contributed by atoms with Crippen molar-refractivity contribution >= 4 is 23.2 Å². The van der Waals surface area contributed by atoms with Crippen molar-refractivity contribution < 1.29 is 14.3 Å². The van der Waals surface area contributed by atoms with Crippen LogP contribution in [0.25, 0.3) is 11.1 Å². The van der Waals surface area contributed by atoms with E-state index in [1.165, 1.54) is 0 Å². The number of benzene rings is 2. The lowest BCUT2D eigenvalue weighted by Crippen LogP contribution is -2.55. The summed E-state index contributed by atoms with van der Waals surface area (Å²) in [5, 5.41) is 10.0. The molecule has 3 atom stereocenters. The number of ether oxygens (including phenoxy) is 1. The number of nitrogens with zero attached hydrogens (tertiary/aromatic N) is 4. The average molecular weight is 640 g/mol. The fraction of sp³-hybridized carbons (Fsp3) is 0.486. The number of hydrogen-bond acceptors (Lipinski definition) is 8. The Morgan fingerprint density at radius 1 is 0.979 bits per heavy atom. The molecule has 3 saturated heterocycles. The van der Waals surface area contributed by atoms with Gasteiger partial charge >= 0.3 is 0 Å². The Bertz CT molecular complexity index is 1570. The molecule has 3 aliphatic rings. The predicted molar refractivity (Wildman–Crippen MR) is 188 cm³/mol. The van der Waals surface area contributed by atoms with Gasteiger partial charge in [0.05, 0.1) is 17.7 Å². The summed E-state index contributed by atoms with van der Waals surface area (Å²) in [6, 6.07) is 16.7. The van der Waals surface area contributed by atoms with Crippen molar-refractivity contribution in [3.8, 4) is 17.0 Å². The van der Waals surface area contributed by atoms with E-state index in [-0.39, 0.29) is 23.9 Å². The first-order valence-corrected chi connectivity index (χ1v) is 17.2. The minimum absolute atomic E-state index is 0.0602. The third-order valence-corrected chi connectivity index (χ3v) is 9.87. The largest absolute Gasteiger partial charge is 0.478 e. The van der Waals surface area contributed by atoms with E-state index in [2.05, 4.69) is 62.8 Å². The van der Waals surface area contributed by atoms with E-state index < -0.39 is 0 Å². The van der Waals surface area contributed by atoms with Gasteiger partial charge in [-0.2, -0.15) is 0 Å². The smallest absolute Gasteiger partial charge is 0.256 e. The maximum absolute atomic E-state index is 14.2. The number of carbonyl (C=O) groups excluding carboxylic acids is 2. The molecule has 0 radical (unpaired) electrons. The molecule has 0 aliphatic carbocycles. The number of pyridine rings is 1. The molecule has 2 amide bonds. The molecule has 4 heterocycles. The van der Waals surface area contributed by atoms with Crippen molar-refractivity contribution in [1.29, 1.82) is 0 Å². The van der Waals surface area contributed by atoms with Crippen molar-refractivity contribution in [2.45, 2.75) is 58.2 Å². The monoisotopic (exact) mass is 639 g/mol. The molecular weight excluding hydrogens is 590 g/mol. The third kappa shape index (κ3) is 7.09. The highest BCUT2D eigenvalue weighted by molar-refractivity contribution is 6.02. The number of aromatic nitrogens is 1. The lowest BCUT2D eigenvalue weighted by molar-refractivity contribution is 0.0720. The zero-order valence-corrected chi connectivity index (χ0v) is 28.2. The Labute approximate surface area is 278 Å². The van der Waals surface area contributed by atoms with Gasteiger partial charge in [0.1, 0.15) is 0 Å². The van der Waals surface area contributed by atoms with E-state index >= 15 is 0 Å². The molecule has 1 aromatic heterocycles. The topological polar surface area (TPSA) is 102 Å². The number of aryl methyl sites for hydroxylation is 1. The molecule has 0 unspecified atom stereocenters. The van der Waals surface area contributed by atoms with Crippen LogP contribution in [0.2, 0.25) is 0 Å². The molecule has 6 rings (SSSR count). The standard InChI is InChI=1S/C37H49N7O3/c1-5-29-24-43(37(46)31-11-9-25(3)20-34(31)42-17-14-28(23-42)38-4)18-19-44(29)33-12-10-26(30-8-7-15-40-36(30)47-6-2)21-32(33)35(45)41-27-13-16-39-22-27/h7-12,15,20-21,27-29,38-39H,5-6,13-14,16-19,22-24H2,1-4H3,(H,41,45)/t27-,28+,29-/m1/s1. The highest BCUT2D eigenvalue weighted by atomic mass is 16.5. The number of rotatable bonds is 10. The molecule has 3 fully saturated rings. The Morgan fingerprint density at radius 3 is 2.60 bits per heavy atom. The molecule has 0 bridgehead atoms. The van der Waals surface area contributed by atoms with E-state index in [0.29, 0.717) is 43.7 Å². The van der Waals surface area contributed by atoms with Crippen LogP contribution < -0.4 is 30.5 Å². The van der Waals surface area contributed by atoms with Gasteiger partial charge in [0.25, 0.3) is 11.8 Å². The van der Waals surface area contributed by atoms with Gasteiger partial charge < -0.3 is 35.4 Å². The minimum atomic E-state index is -0.0828. The summed E-state index contributed by atoms with van der Waals surface area (Å²) in [6.45, 7) is 12.0. The Kier molecular flexibility index (Phi) is 10.3. The average Bonchev–Trinajstić information content (AvgIpc) is 3.80. The van der Waals surface area contributed by atoms with Crippen molar-refractivity contribution in [2.75, 3.05) is 69.3 Å². The summed E-state index contributed by atoms with van der Waals surface area (Å²) in [5.74, 6) is 0.548. The second-order valence-corrected chi connectivity index (χ2v) is 12.9. The van der Waals surface area contributed by atoms with E-state index in [1.54, 1.807) is 6.20 Å². The quantitative estimate of drug-likeness (QED) is 0.305. The van der Waals surface area contributed by atoms with Crippen LogP contribution in [0.4, 0.5) is 11.4 Å². The molecule has 0 spiro atoms. The highest BCUT2D eigenvalue weighted by Crippen LogP contribution is 2.35. The summed E-state index contributed by atoms with van der Waals surface area (Å²) < 4.78 is 5.84. The molecule has 10 nitrogen and oxygen atoms in total. The lowest BCUT2D eigenvalue weighted by atomic mass is 9.98. The van der Waals surface area contributed by atoms with Crippen LogP contribution >= 0.6 is 0 Å². The molecule has 3 aliphatic heterocycles. The van der Waals surface area contributed by atoms with Crippen LogP contribution in [0.1, 0.15) is 59.4 Å². The van der Waals surface area contributed by atoms with Gasteiger partial charge in [0, 0.05) is 80.5 Å². The van der Waals surface area contributed by atoms with Crippen molar-refractivity contribution in [1.82, 2.24) is 25.8 Å². The van der Waals surface area contributed by atoms with E-state index in [1.807, 2.05) is 49.2 Å². The molecule has 250 valence electrons. The number of nitrogens with one attached hydrogen (secondary N) is 3. The van der Waals surface area contributed by atoms with Gasteiger partial charge in [-0.05, 0) is 94.2 Å². The third-order valence-electron chi connectivity index (χ3n) is 9.87. The van der Waals surface area contributed by atoms with Gasteiger partial charge in [0.15, 0.2) is 0 Å². The number of hydrogen-bond donors (Lipinski definition) is 3. The van der Waals surface area contributed by atoms with Crippen LogP contribution in [0.5, 0.6) is 5.88 Å². The van der Waals surface area contributed by atoms with E-state index in [0.717, 1.165) is 79.1 Å². The summed E-state index contributed by atoms with van der Waals surface area (Å²) in [5.41, 5.74) is 6.22. The van der Waals surface area contributed by atoms with E-state index in [9.17, 15) is 9.59 Å². The van der Waals surface area contributed by atoms with Gasteiger partial charge in [-0.1, -0.05) is 19.1 Å². The normalized spacial score (nSPS) is 21.3. The second-order valence-electron chi connectivity index (χ2n) is 12.9. The second kappa shape index (κ2) is 14.7. The SMILES string of the molecule is CCOc1ncccc1-c1ccc(N2CCN(C(=O)c3ccc(C)cc3N3CC[C@H](NC)C3)C[C@H]2CC)c(C(=O)N[C@@H]2CCNC2)c1. The van der Waals surface area contributed by atoms with Crippen LogP contribution in [-0.2, 0) is 0 Å². The Balaban J connectivity index is 1.28. The van der Waals surface area contributed by atoms with Gasteiger partial charge in [-0.15, -0.1) is 0 Å². The van der Waals surface area contributed by atoms with Crippen molar-refractivity contribution in [2.24, 2.45) is 0 Å². The van der Waals surface area contributed by atoms with Gasteiger partial charge in [-0.3, -0.25) is 9.59 Å². The van der Waals surface area contributed by atoms with Crippen molar-refractivity contribution in [3.05, 3.63) is 71.4 Å². The van der Waals surface area contributed by atoms with Crippen molar-refractivity contribution in [3.63, 3.8) is 0 Å². The molecule has 3 N–H and O–H groups in total. The minimum Gasteiger partial charge on any atom is -0.478 e. The van der Waals surface area contributed by atoms with Crippen LogP contribution in [0.3, 0.4) is 0 Å². The van der Waals surface area contributed by atoms with Crippen LogP contribution in [0, 0.1) is 6.92 Å². The first-order chi connectivity index (χ1) is 22.9. The zero-order chi connectivity index (χ0) is 32.9. The number of piperazine rings is 1.